The van der Waals surface area contributed by atoms with E-state index in [1.165, 1.54) is 24.4 Å². The highest BCUT2D eigenvalue weighted by molar-refractivity contribution is 7.10. The van der Waals surface area contributed by atoms with Crippen molar-refractivity contribution < 1.29 is 0 Å². The van der Waals surface area contributed by atoms with Crippen molar-refractivity contribution in [1.82, 2.24) is 18.7 Å². The van der Waals surface area contributed by atoms with Gasteiger partial charge in [-0.2, -0.15) is 8.75 Å². The van der Waals surface area contributed by atoms with E-state index in [4.69, 9.17) is 4.98 Å². The predicted octanol–water partition coefficient (Wildman–Crippen LogP) is 2.29. The molecule has 0 N–H and O–H groups in total. The van der Waals surface area contributed by atoms with Crippen LogP contribution in [0.5, 0.6) is 0 Å². The van der Waals surface area contributed by atoms with Crippen LogP contribution in [-0.2, 0) is 0 Å². The first kappa shape index (κ1) is 13.4. The lowest BCUT2D eigenvalue weighted by Crippen LogP contribution is -2.30. The van der Waals surface area contributed by atoms with Crippen molar-refractivity contribution in [3.63, 3.8) is 0 Å². The molecule has 3 heterocycles. The second kappa shape index (κ2) is 5.49. The number of rotatable bonds is 3. The Morgan fingerprint density at radius 3 is 2.19 bits per heavy atom. The summed E-state index contributed by atoms with van der Waals surface area (Å²) in [7, 11) is 0. The molecule has 0 unspecified atom stereocenters. The molecule has 0 aromatic carbocycles. The second-order valence-electron chi connectivity index (χ2n) is 5.66. The summed E-state index contributed by atoms with van der Waals surface area (Å²) < 4.78 is 8.80. The minimum atomic E-state index is 0.642. The van der Waals surface area contributed by atoms with Crippen molar-refractivity contribution in [2.45, 2.75) is 32.1 Å². The van der Waals surface area contributed by atoms with E-state index in [0.29, 0.717) is 5.92 Å². The van der Waals surface area contributed by atoms with Crippen molar-refractivity contribution in [3.05, 3.63) is 11.6 Å². The number of hydrogen-bond donors (Lipinski definition) is 0. The van der Waals surface area contributed by atoms with Crippen molar-refractivity contribution in [2.24, 2.45) is 0 Å². The Labute approximate surface area is 132 Å². The molecule has 0 amide bonds. The average Bonchev–Trinajstić information content (AvgIpc) is 3.16. The number of aryl methyl sites for hydroxylation is 1. The molecule has 2 aliphatic rings. The summed E-state index contributed by atoms with van der Waals surface area (Å²) in [5.74, 6) is 2.58. The molecule has 2 aromatic heterocycles. The second-order valence-corrected chi connectivity index (χ2v) is 7.12. The minimum absolute atomic E-state index is 0.642. The van der Waals surface area contributed by atoms with Gasteiger partial charge in [-0.15, -0.1) is 0 Å². The van der Waals surface area contributed by atoms with Crippen LogP contribution in [0.2, 0.25) is 0 Å². The fourth-order valence-corrected chi connectivity index (χ4v) is 4.10. The van der Waals surface area contributed by atoms with Crippen molar-refractivity contribution in [2.75, 3.05) is 36.0 Å². The third-order valence-corrected chi connectivity index (χ3v) is 5.59. The Kier molecular flexibility index (Phi) is 3.50. The van der Waals surface area contributed by atoms with E-state index in [-0.39, 0.29) is 0 Å². The lowest BCUT2D eigenvalue weighted by atomic mass is 10.4. The first-order valence-electron chi connectivity index (χ1n) is 7.43. The number of hydrogen-bond acceptors (Lipinski definition) is 8. The van der Waals surface area contributed by atoms with Crippen molar-refractivity contribution in [3.8, 4) is 0 Å². The van der Waals surface area contributed by atoms with Crippen LogP contribution in [-0.4, -0.2) is 44.9 Å². The normalized spacial score (nSPS) is 19.9. The van der Waals surface area contributed by atoms with Crippen LogP contribution in [0, 0.1) is 6.92 Å². The molecule has 112 valence electrons. The smallest absolute Gasteiger partial charge is 0.205 e. The third kappa shape index (κ3) is 2.87. The Hall–Kier alpha value is -1.28. The van der Waals surface area contributed by atoms with E-state index in [2.05, 4.69) is 23.5 Å². The lowest BCUT2D eigenvalue weighted by Gasteiger charge is -2.20. The van der Waals surface area contributed by atoms with Gasteiger partial charge in [-0.1, -0.05) is 0 Å². The van der Waals surface area contributed by atoms with Crippen LogP contribution >= 0.6 is 23.1 Å². The van der Waals surface area contributed by atoms with E-state index in [0.717, 1.165) is 54.5 Å². The summed E-state index contributed by atoms with van der Waals surface area (Å²) in [5.41, 5.74) is 0. The van der Waals surface area contributed by atoms with Crippen LogP contribution in [0.15, 0.2) is 0 Å². The first-order chi connectivity index (χ1) is 10.3. The fourth-order valence-electron chi connectivity index (χ4n) is 2.58. The minimum Gasteiger partial charge on any atom is -0.345 e. The highest BCUT2D eigenvalue weighted by atomic mass is 32.1. The maximum absolute atomic E-state index is 4.73. The Bertz CT molecular complexity index is 620. The molecular weight excluding hydrogens is 304 g/mol. The quantitative estimate of drug-likeness (QED) is 0.864. The summed E-state index contributed by atoms with van der Waals surface area (Å²) in [6.45, 7) is 6.00. The zero-order chi connectivity index (χ0) is 14.2. The molecular formula is C13H18N6S2. The van der Waals surface area contributed by atoms with Gasteiger partial charge in [0.25, 0.3) is 0 Å². The van der Waals surface area contributed by atoms with Crippen LogP contribution in [0.3, 0.4) is 0 Å². The fraction of sp³-hybridized carbons (Fsp3) is 0.692. The van der Waals surface area contributed by atoms with Crippen LogP contribution in [0.25, 0.3) is 0 Å². The number of nitrogens with zero attached hydrogens (tertiary/aromatic N) is 6. The summed E-state index contributed by atoms with van der Waals surface area (Å²) in [6.07, 6.45) is 3.65. The summed E-state index contributed by atoms with van der Waals surface area (Å²) in [5, 5.41) is 2.14. The Morgan fingerprint density at radius 1 is 0.905 bits per heavy atom. The van der Waals surface area contributed by atoms with Crippen LogP contribution < -0.4 is 9.80 Å². The van der Waals surface area contributed by atoms with Crippen molar-refractivity contribution in [1.29, 1.82) is 0 Å². The molecule has 4 rings (SSSR count). The molecule has 1 saturated carbocycles. The molecule has 2 aromatic rings. The number of aromatic nitrogens is 4. The topological polar surface area (TPSA) is 58.0 Å². The molecule has 8 heteroatoms. The monoisotopic (exact) mass is 322 g/mol. The predicted molar refractivity (Wildman–Crippen MR) is 85.6 cm³/mol. The van der Waals surface area contributed by atoms with Gasteiger partial charge in [0.2, 0.25) is 10.3 Å². The standard InChI is InChI=1S/C13H18N6S2/c1-9-14-12(20-16-9)18-5-2-6-19(8-7-18)13-15-11(17-21-13)10-3-4-10/h10H,2-8H2,1H3. The average molecular weight is 322 g/mol. The van der Waals surface area contributed by atoms with Gasteiger partial charge < -0.3 is 9.80 Å². The zero-order valence-corrected chi connectivity index (χ0v) is 13.7. The molecule has 0 bridgehead atoms. The molecule has 0 spiro atoms. The molecule has 21 heavy (non-hydrogen) atoms. The van der Waals surface area contributed by atoms with E-state index >= 15 is 0 Å². The summed E-state index contributed by atoms with van der Waals surface area (Å²) in [4.78, 5) is 13.9. The van der Waals surface area contributed by atoms with Gasteiger partial charge >= 0.3 is 0 Å². The van der Waals surface area contributed by atoms with E-state index < -0.39 is 0 Å². The molecule has 0 radical (unpaired) electrons. The van der Waals surface area contributed by atoms with Crippen LogP contribution in [0.1, 0.15) is 36.8 Å². The molecule has 1 aliphatic heterocycles. The van der Waals surface area contributed by atoms with Gasteiger partial charge in [-0.25, -0.2) is 9.97 Å². The van der Waals surface area contributed by atoms with Crippen LogP contribution in [0.4, 0.5) is 10.3 Å². The molecule has 1 aliphatic carbocycles. The third-order valence-electron chi connectivity index (χ3n) is 3.93. The van der Waals surface area contributed by atoms with E-state index in [1.807, 2.05) is 6.92 Å². The first-order valence-corrected chi connectivity index (χ1v) is 8.98. The largest absolute Gasteiger partial charge is 0.345 e. The number of anilines is 2. The highest BCUT2D eigenvalue weighted by Gasteiger charge is 2.29. The summed E-state index contributed by atoms with van der Waals surface area (Å²) >= 11 is 3.06. The Morgan fingerprint density at radius 2 is 1.57 bits per heavy atom. The van der Waals surface area contributed by atoms with Gasteiger partial charge in [0.05, 0.1) is 0 Å². The molecule has 6 nitrogen and oxygen atoms in total. The zero-order valence-electron chi connectivity index (χ0n) is 12.0. The van der Waals surface area contributed by atoms with Gasteiger partial charge in [-0.05, 0) is 26.2 Å². The van der Waals surface area contributed by atoms with Gasteiger partial charge in [-0.3, -0.25) is 0 Å². The maximum Gasteiger partial charge on any atom is 0.205 e. The summed E-state index contributed by atoms with van der Waals surface area (Å²) in [6, 6.07) is 0. The molecule has 0 atom stereocenters. The molecule has 1 saturated heterocycles. The van der Waals surface area contributed by atoms with E-state index in [1.54, 1.807) is 11.5 Å². The van der Waals surface area contributed by atoms with Gasteiger partial charge in [0, 0.05) is 55.2 Å². The van der Waals surface area contributed by atoms with Gasteiger partial charge in [0.15, 0.2) is 0 Å². The van der Waals surface area contributed by atoms with E-state index in [9.17, 15) is 0 Å². The maximum atomic E-state index is 4.73. The molecule has 2 fully saturated rings. The highest BCUT2D eigenvalue weighted by Crippen LogP contribution is 2.39. The Balaban J connectivity index is 1.44. The van der Waals surface area contributed by atoms with Gasteiger partial charge in [0.1, 0.15) is 11.6 Å². The van der Waals surface area contributed by atoms with Crippen molar-refractivity contribution >= 4 is 33.3 Å². The lowest BCUT2D eigenvalue weighted by molar-refractivity contribution is 0.799. The SMILES string of the molecule is Cc1nsc(N2CCCN(c3nc(C4CC4)ns3)CC2)n1.